The van der Waals surface area contributed by atoms with Gasteiger partial charge in [0, 0.05) is 24.6 Å². The van der Waals surface area contributed by atoms with Crippen LogP contribution in [0.1, 0.15) is 29.6 Å². The molecular formula is C13H14F2N2O4. The lowest BCUT2D eigenvalue weighted by molar-refractivity contribution is -0.387. The largest absolute Gasteiger partial charge is 0.393 e. The molecule has 114 valence electrons. The molecule has 1 aromatic rings. The molecule has 1 aromatic carbocycles. The number of amides is 1. The Balaban J connectivity index is 2.11. The zero-order valence-electron chi connectivity index (χ0n) is 11.0. The predicted octanol–water partition coefficient (Wildman–Crippen LogP) is 1.76. The number of hydrogen-bond acceptors (Lipinski definition) is 4. The summed E-state index contributed by atoms with van der Waals surface area (Å²) in [5, 5.41) is 22.6. The number of benzene rings is 1. The van der Waals surface area contributed by atoms with Crippen LogP contribution >= 0.6 is 0 Å². The molecule has 1 saturated carbocycles. The predicted molar refractivity (Wildman–Crippen MR) is 68.7 cm³/mol. The average molecular weight is 300 g/mol. The molecule has 1 fully saturated rings. The first-order valence-corrected chi connectivity index (χ1v) is 6.50. The highest BCUT2D eigenvalue weighted by atomic mass is 19.1. The summed E-state index contributed by atoms with van der Waals surface area (Å²) >= 11 is 0. The molecule has 2 unspecified atom stereocenters. The van der Waals surface area contributed by atoms with E-state index in [0.29, 0.717) is 18.6 Å². The van der Waals surface area contributed by atoms with E-state index < -0.39 is 39.8 Å². The van der Waals surface area contributed by atoms with Crippen LogP contribution in [0.5, 0.6) is 0 Å². The number of nitro groups is 1. The SMILES string of the molecule is O=C(NCC1CCCC1O)c1cc([N+](=O)[O-])c(F)cc1F. The lowest BCUT2D eigenvalue weighted by Crippen LogP contribution is -2.33. The third kappa shape index (κ3) is 3.33. The van der Waals surface area contributed by atoms with Crippen LogP contribution in [0.25, 0.3) is 0 Å². The molecule has 1 aliphatic rings. The van der Waals surface area contributed by atoms with Gasteiger partial charge in [0.1, 0.15) is 5.82 Å². The molecule has 0 bridgehead atoms. The van der Waals surface area contributed by atoms with Gasteiger partial charge in [0.25, 0.3) is 5.91 Å². The fourth-order valence-corrected chi connectivity index (χ4v) is 2.43. The van der Waals surface area contributed by atoms with Crippen LogP contribution < -0.4 is 5.32 Å². The molecule has 0 radical (unpaired) electrons. The number of hydrogen-bond donors (Lipinski definition) is 2. The summed E-state index contributed by atoms with van der Waals surface area (Å²) in [5.74, 6) is -3.48. The summed E-state index contributed by atoms with van der Waals surface area (Å²) in [6, 6.07) is 0.891. The number of nitrogens with one attached hydrogen (secondary N) is 1. The Morgan fingerprint density at radius 1 is 1.38 bits per heavy atom. The molecular weight excluding hydrogens is 286 g/mol. The third-order valence-electron chi connectivity index (χ3n) is 3.62. The molecule has 2 atom stereocenters. The Morgan fingerprint density at radius 2 is 2.10 bits per heavy atom. The van der Waals surface area contributed by atoms with E-state index in [-0.39, 0.29) is 12.5 Å². The molecule has 1 amide bonds. The van der Waals surface area contributed by atoms with Crippen molar-refractivity contribution in [1.29, 1.82) is 0 Å². The van der Waals surface area contributed by atoms with Gasteiger partial charge in [-0.15, -0.1) is 0 Å². The zero-order chi connectivity index (χ0) is 15.6. The van der Waals surface area contributed by atoms with Crippen molar-refractivity contribution in [3.05, 3.63) is 39.4 Å². The lowest BCUT2D eigenvalue weighted by Gasteiger charge is -2.15. The third-order valence-corrected chi connectivity index (χ3v) is 3.62. The van der Waals surface area contributed by atoms with Crippen molar-refractivity contribution in [2.45, 2.75) is 25.4 Å². The molecule has 2 rings (SSSR count). The second-order valence-electron chi connectivity index (χ2n) is 5.01. The minimum atomic E-state index is -1.33. The summed E-state index contributed by atoms with van der Waals surface area (Å²) in [6.07, 6.45) is 1.72. The molecule has 0 spiro atoms. The van der Waals surface area contributed by atoms with Crippen LogP contribution in [0.15, 0.2) is 12.1 Å². The van der Waals surface area contributed by atoms with Gasteiger partial charge in [0.05, 0.1) is 16.6 Å². The van der Waals surface area contributed by atoms with Gasteiger partial charge in [-0.1, -0.05) is 6.42 Å². The monoisotopic (exact) mass is 300 g/mol. The van der Waals surface area contributed by atoms with Gasteiger partial charge in [-0.25, -0.2) is 4.39 Å². The number of nitrogens with zero attached hydrogens (tertiary/aromatic N) is 1. The van der Waals surface area contributed by atoms with E-state index in [1.165, 1.54) is 0 Å². The topological polar surface area (TPSA) is 92.5 Å². The minimum Gasteiger partial charge on any atom is -0.393 e. The van der Waals surface area contributed by atoms with Gasteiger partial charge in [0.2, 0.25) is 5.82 Å². The van der Waals surface area contributed by atoms with Gasteiger partial charge >= 0.3 is 5.69 Å². The van der Waals surface area contributed by atoms with Crippen LogP contribution in [0, 0.1) is 27.7 Å². The zero-order valence-corrected chi connectivity index (χ0v) is 11.0. The normalized spacial score (nSPS) is 21.3. The Kier molecular flexibility index (Phi) is 4.46. The van der Waals surface area contributed by atoms with Gasteiger partial charge in [-0.3, -0.25) is 14.9 Å². The molecule has 21 heavy (non-hydrogen) atoms. The number of carbonyl (C=O) groups is 1. The van der Waals surface area contributed by atoms with E-state index in [1.807, 2.05) is 0 Å². The summed E-state index contributed by atoms with van der Waals surface area (Å²) < 4.78 is 26.7. The molecule has 0 heterocycles. The van der Waals surface area contributed by atoms with Crippen molar-refractivity contribution in [3.63, 3.8) is 0 Å². The maximum absolute atomic E-state index is 13.5. The molecule has 0 aromatic heterocycles. The number of carbonyl (C=O) groups excluding carboxylic acids is 1. The smallest absolute Gasteiger partial charge is 0.305 e. The van der Waals surface area contributed by atoms with Gasteiger partial charge in [-0.05, 0) is 12.8 Å². The summed E-state index contributed by atoms with van der Waals surface area (Å²) in [6.45, 7) is 0.143. The average Bonchev–Trinajstić information content (AvgIpc) is 2.81. The first-order chi connectivity index (χ1) is 9.90. The van der Waals surface area contributed by atoms with E-state index in [4.69, 9.17) is 0 Å². The minimum absolute atomic E-state index is 0.118. The number of rotatable bonds is 4. The fourth-order valence-electron chi connectivity index (χ4n) is 2.43. The summed E-state index contributed by atoms with van der Waals surface area (Å²) in [7, 11) is 0. The molecule has 6 nitrogen and oxygen atoms in total. The highest BCUT2D eigenvalue weighted by Crippen LogP contribution is 2.25. The maximum Gasteiger partial charge on any atom is 0.305 e. The quantitative estimate of drug-likeness (QED) is 0.654. The molecule has 0 aliphatic heterocycles. The van der Waals surface area contributed by atoms with Crippen LogP contribution in [0.4, 0.5) is 14.5 Å². The Labute approximate surface area is 118 Å². The number of aliphatic hydroxyl groups is 1. The lowest BCUT2D eigenvalue weighted by atomic mass is 10.1. The number of nitro benzene ring substituents is 1. The first-order valence-electron chi connectivity index (χ1n) is 6.50. The standard InChI is InChI=1S/C13H14F2N2O4/c14-9-5-10(15)11(17(20)21)4-8(9)13(19)16-6-7-2-1-3-12(7)18/h4-5,7,12,18H,1-3,6H2,(H,16,19). The second kappa shape index (κ2) is 6.13. The summed E-state index contributed by atoms with van der Waals surface area (Å²) in [5.41, 5.74) is -1.54. The van der Waals surface area contributed by atoms with Crippen molar-refractivity contribution in [3.8, 4) is 0 Å². The van der Waals surface area contributed by atoms with Gasteiger partial charge in [0.15, 0.2) is 0 Å². The highest BCUT2D eigenvalue weighted by molar-refractivity contribution is 5.95. The molecule has 8 heteroatoms. The van der Waals surface area contributed by atoms with Gasteiger partial charge < -0.3 is 10.4 Å². The van der Waals surface area contributed by atoms with E-state index in [2.05, 4.69) is 5.32 Å². The van der Waals surface area contributed by atoms with Crippen LogP contribution in [0.2, 0.25) is 0 Å². The Bertz CT molecular complexity index is 580. The first kappa shape index (κ1) is 15.3. The molecule has 0 saturated heterocycles. The maximum atomic E-state index is 13.5. The summed E-state index contributed by atoms with van der Waals surface area (Å²) in [4.78, 5) is 21.4. The van der Waals surface area contributed by atoms with Crippen molar-refractivity contribution in [2.75, 3.05) is 6.54 Å². The van der Waals surface area contributed by atoms with Crippen LogP contribution in [0.3, 0.4) is 0 Å². The van der Waals surface area contributed by atoms with Crippen LogP contribution in [-0.2, 0) is 0 Å². The molecule has 2 N–H and O–H groups in total. The highest BCUT2D eigenvalue weighted by Gasteiger charge is 2.27. The Hall–Kier alpha value is -2.09. The van der Waals surface area contributed by atoms with Crippen molar-refractivity contribution >= 4 is 11.6 Å². The van der Waals surface area contributed by atoms with Crippen molar-refractivity contribution in [2.24, 2.45) is 5.92 Å². The van der Waals surface area contributed by atoms with Crippen molar-refractivity contribution < 1.29 is 23.6 Å². The number of aliphatic hydroxyl groups excluding tert-OH is 1. The fraction of sp³-hybridized carbons (Fsp3) is 0.462. The van der Waals surface area contributed by atoms with Crippen LogP contribution in [-0.4, -0.2) is 28.6 Å². The van der Waals surface area contributed by atoms with E-state index in [0.717, 1.165) is 12.8 Å². The van der Waals surface area contributed by atoms with E-state index in [9.17, 15) is 28.8 Å². The molecule has 1 aliphatic carbocycles. The number of halogens is 2. The van der Waals surface area contributed by atoms with Gasteiger partial charge in [-0.2, -0.15) is 4.39 Å². The van der Waals surface area contributed by atoms with E-state index >= 15 is 0 Å². The van der Waals surface area contributed by atoms with Crippen molar-refractivity contribution in [1.82, 2.24) is 5.32 Å². The Morgan fingerprint density at radius 3 is 2.67 bits per heavy atom. The van der Waals surface area contributed by atoms with E-state index in [1.54, 1.807) is 0 Å². The second-order valence-corrected chi connectivity index (χ2v) is 5.01.